The number of aromatic nitrogens is 1. The average Bonchev–Trinajstić information content (AvgIpc) is 3.12. The summed E-state index contributed by atoms with van der Waals surface area (Å²) in [5.41, 5.74) is 4.01. The summed E-state index contributed by atoms with van der Waals surface area (Å²) >= 11 is 0. The van der Waals surface area contributed by atoms with Crippen LogP contribution >= 0.6 is 0 Å². The number of nitrogens with one attached hydrogen (secondary N) is 2. The third-order valence-corrected chi connectivity index (χ3v) is 7.23. The van der Waals surface area contributed by atoms with Crippen LogP contribution < -0.4 is 10.6 Å². The summed E-state index contributed by atoms with van der Waals surface area (Å²) in [4.78, 5) is 26.3. The van der Waals surface area contributed by atoms with E-state index in [4.69, 9.17) is 0 Å². The second-order valence-electron chi connectivity index (χ2n) is 12.8. The van der Waals surface area contributed by atoms with Crippen LogP contribution in [0.1, 0.15) is 113 Å². The molecular formula is C31H47N3O3. The van der Waals surface area contributed by atoms with E-state index in [0.29, 0.717) is 17.0 Å². The normalized spacial score (nSPS) is 15.2. The number of carbonyl (C=O) groups excluding carboxylic acids is 2. The van der Waals surface area contributed by atoms with E-state index in [-0.39, 0.29) is 29.8 Å². The Balaban J connectivity index is 2.13. The van der Waals surface area contributed by atoms with Crippen molar-refractivity contribution in [3.63, 3.8) is 0 Å². The first-order valence-corrected chi connectivity index (χ1v) is 13.8. The summed E-state index contributed by atoms with van der Waals surface area (Å²) < 4.78 is 2.28. The number of benzene rings is 1. The van der Waals surface area contributed by atoms with Crippen LogP contribution in [-0.2, 0) is 12.0 Å². The second-order valence-corrected chi connectivity index (χ2v) is 12.8. The standard InChI is InChI=1S/C31H47N3O3/c1-20(2)33-28(35)24-14-23(15-25(16-24)30(4,5)6)27-17-26(29(36)32-19-31(7,8)37)21(3)34(27)18-22-12-10-9-11-13-22/h14-17,20,22,37H,9-13,18-19H2,1-8H3,(H,32,36)(H,33,35). The van der Waals surface area contributed by atoms with Crippen LogP contribution in [-0.4, -0.2) is 39.7 Å². The van der Waals surface area contributed by atoms with E-state index in [0.717, 1.165) is 29.1 Å². The maximum absolute atomic E-state index is 13.2. The molecule has 6 nitrogen and oxygen atoms in total. The fraction of sp³-hybridized carbons (Fsp3) is 0.613. The summed E-state index contributed by atoms with van der Waals surface area (Å²) in [6.45, 7) is 16.8. The maximum Gasteiger partial charge on any atom is 0.253 e. The molecule has 3 rings (SSSR count). The lowest BCUT2D eigenvalue weighted by molar-refractivity contribution is 0.0694. The van der Waals surface area contributed by atoms with E-state index in [9.17, 15) is 14.7 Å². The zero-order valence-corrected chi connectivity index (χ0v) is 24.1. The Morgan fingerprint density at radius 2 is 1.65 bits per heavy atom. The molecule has 1 aliphatic rings. The van der Waals surface area contributed by atoms with E-state index in [1.165, 1.54) is 32.1 Å². The van der Waals surface area contributed by atoms with Crippen molar-refractivity contribution in [1.29, 1.82) is 0 Å². The van der Waals surface area contributed by atoms with Gasteiger partial charge in [-0.1, -0.05) is 40.0 Å². The number of hydrogen-bond acceptors (Lipinski definition) is 3. The molecule has 1 aliphatic carbocycles. The van der Waals surface area contributed by atoms with Gasteiger partial charge in [-0.3, -0.25) is 9.59 Å². The molecule has 1 aromatic carbocycles. The van der Waals surface area contributed by atoms with Gasteiger partial charge in [-0.05, 0) is 94.2 Å². The van der Waals surface area contributed by atoms with Gasteiger partial charge in [0.2, 0.25) is 0 Å². The van der Waals surface area contributed by atoms with Crippen LogP contribution in [0.5, 0.6) is 0 Å². The van der Waals surface area contributed by atoms with Crippen molar-refractivity contribution >= 4 is 11.8 Å². The summed E-state index contributed by atoms with van der Waals surface area (Å²) in [7, 11) is 0. The van der Waals surface area contributed by atoms with Crippen LogP contribution in [0, 0.1) is 12.8 Å². The SMILES string of the molecule is Cc1c(C(=O)NCC(C)(C)O)cc(-c2cc(C(=O)NC(C)C)cc(C(C)(C)C)c2)n1CC1CCCCC1. The first-order valence-electron chi connectivity index (χ1n) is 13.8. The topological polar surface area (TPSA) is 83.4 Å². The molecule has 0 bridgehead atoms. The molecule has 1 aromatic heterocycles. The molecule has 3 N–H and O–H groups in total. The smallest absolute Gasteiger partial charge is 0.253 e. The third kappa shape index (κ3) is 7.70. The molecule has 2 aromatic rings. The Kier molecular flexibility index (Phi) is 8.94. The molecule has 1 fully saturated rings. The number of nitrogens with zero attached hydrogens (tertiary/aromatic N) is 1. The first-order chi connectivity index (χ1) is 17.2. The molecule has 204 valence electrons. The van der Waals surface area contributed by atoms with E-state index < -0.39 is 5.60 Å². The minimum atomic E-state index is -0.989. The van der Waals surface area contributed by atoms with Gasteiger partial charge >= 0.3 is 0 Å². The zero-order chi connectivity index (χ0) is 27.5. The Hall–Kier alpha value is -2.60. The fourth-order valence-corrected chi connectivity index (χ4v) is 5.05. The highest BCUT2D eigenvalue weighted by Gasteiger charge is 2.25. The van der Waals surface area contributed by atoms with Crippen molar-refractivity contribution in [2.24, 2.45) is 5.92 Å². The monoisotopic (exact) mass is 509 g/mol. The van der Waals surface area contributed by atoms with Gasteiger partial charge in [0.05, 0.1) is 11.2 Å². The molecule has 0 unspecified atom stereocenters. The van der Waals surface area contributed by atoms with Crippen molar-refractivity contribution in [2.75, 3.05) is 6.54 Å². The molecular weight excluding hydrogens is 462 g/mol. The van der Waals surface area contributed by atoms with Gasteiger partial charge < -0.3 is 20.3 Å². The van der Waals surface area contributed by atoms with E-state index in [2.05, 4.69) is 42.0 Å². The van der Waals surface area contributed by atoms with Gasteiger partial charge in [-0.2, -0.15) is 0 Å². The van der Waals surface area contributed by atoms with Gasteiger partial charge in [0, 0.05) is 36.1 Å². The Morgan fingerprint density at radius 1 is 1.00 bits per heavy atom. The summed E-state index contributed by atoms with van der Waals surface area (Å²) in [5.74, 6) is 0.293. The van der Waals surface area contributed by atoms with Crippen molar-refractivity contribution in [3.8, 4) is 11.3 Å². The number of carbonyl (C=O) groups is 2. The average molecular weight is 510 g/mol. The maximum atomic E-state index is 13.2. The highest BCUT2D eigenvalue weighted by Crippen LogP contribution is 2.34. The Morgan fingerprint density at radius 3 is 2.22 bits per heavy atom. The number of amides is 2. The number of hydrogen-bond donors (Lipinski definition) is 3. The minimum absolute atomic E-state index is 0.0396. The zero-order valence-electron chi connectivity index (χ0n) is 24.1. The highest BCUT2D eigenvalue weighted by atomic mass is 16.3. The van der Waals surface area contributed by atoms with E-state index >= 15 is 0 Å². The van der Waals surface area contributed by atoms with Gasteiger partial charge in [0.25, 0.3) is 11.8 Å². The van der Waals surface area contributed by atoms with Gasteiger partial charge in [0.15, 0.2) is 0 Å². The lowest BCUT2D eigenvalue weighted by Crippen LogP contribution is -2.38. The van der Waals surface area contributed by atoms with Crippen molar-refractivity contribution < 1.29 is 14.7 Å². The Labute approximate surface area is 223 Å². The third-order valence-electron chi connectivity index (χ3n) is 7.23. The fourth-order valence-electron chi connectivity index (χ4n) is 5.05. The van der Waals surface area contributed by atoms with Crippen LogP contribution in [0.3, 0.4) is 0 Å². The molecule has 0 spiro atoms. The second kappa shape index (κ2) is 11.4. The predicted molar refractivity (Wildman–Crippen MR) is 151 cm³/mol. The van der Waals surface area contributed by atoms with Crippen LogP contribution in [0.15, 0.2) is 24.3 Å². The largest absolute Gasteiger partial charge is 0.389 e. The molecule has 1 heterocycles. The molecule has 0 radical (unpaired) electrons. The lowest BCUT2D eigenvalue weighted by atomic mass is 9.84. The summed E-state index contributed by atoms with van der Waals surface area (Å²) in [5, 5.41) is 16.1. The molecule has 2 amide bonds. The molecule has 1 saturated carbocycles. The van der Waals surface area contributed by atoms with Crippen molar-refractivity contribution in [1.82, 2.24) is 15.2 Å². The van der Waals surface area contributed by atoms with Crippen LogP contribution in [0.25, 0.3) is 11.3 Å². The highest BCUT2D eigenvalue weighted by molar-refractivity contribution is 5.98. The molecule has 0 atom stereocenters. The van der Waals surface area contributed by atoms with Gasteiger partial charge in [0.1, 0.15) is 0 Å². The van der Waals surface area contributed by atoms with E-state index in [1.807, 2.05) is 39.0 Å². The summed E-state index contributed by atoms with van der Waals surface area (Å²) in [6.07, 6.45) is 6.18. The summed E-state index contributed by atoms with van der Waals surface area (Å²) in [6, 6.07) is 8.11. The van der Waals surface area contributed by atoms with Gasteiger partial charge in [-0.15, -0.1) is 0 Å². The van der Waals surface area contributed by atoms with Crippen molar-refractivity contribution in [2.45, 2.75) is 111 Å². The minimum Gasteiger partial charge on any atom is -0.389 e. The first kappa shape index (κ1) is 29.0. The molecule has 6 heteroatoms. The predicted octanol–water partition coefficient (Wildman–Crippen LogP) is 5.98. The lowest BCUT2D eigenvalue weighted by Gasteiger charge is -2.25. The molecule has 0 aliphatic heterocycles. The Bertz CT molecular complexity index is 1110. The number of rotatable bonds is 8. The molecule has 0 saturated heterocycles. The van der Waals surface area contributed by atoms with Gasteiger partial charge in [-0.25, -0.2) is 0 Å². The quantitative estimate of drug-likeness (QED) is 0.409. The van der Waals surface area contributed by atoms with E-state index in [1.54, 1.807) is 13.8 Å². The van der Waals surface area contributed by atoms with Crippen LogP contribution in [0.4, 0.5) is 0 Å². The number of aliphatic hydroxyl groups is 1. The van der Waals surface area contributed by atoms with Crippen molar-refractivity contribution in [3.05, 3.63) is 46.6 Å². The van der Waals surface area contributed by atoms with Crippen LogP contribution in [0.2, 0.25) is 0 Å². The molecule has 37 heavy (non-hydrogen) atoms.